The molecule has 0 saturated carbocycles. The Bertz CT molecular complexity index is 1260. The van der Waals surface area contributed by atoms with Crippen LogP contribution >= 0.6 is 23.1 Å². The predicted octanol–water partition coefficient (Wildman–Crippen LogP) is 4.38. The lowest BCUT2D eigenvalue weighted by Gasteiger charge is -2.07. The third-order valence-electron chi connectivity index (χ3n) is 4.40. The molecule has 0 radical (unpaired) electrons. The average Bonchev–Trinajstić information content (AvgIpc) is 3.03. The van der Waals surface area contributed by atoms with Crippen molar-refractivity contribution < 1.29 is 17.9 Å². The van der Waals surface area contributed by atoms with Gasteiger partial charge in [-0.1, -0.05) is 31.3 Å². The molecule has 9 heteroatoms. The molecule has 2 aromatic carbocycles. The van der Waals surface area contributed by atoms with Gasteiger partial charge in [0.2, 0.25) is 0 Å². The largest absolute Gasteiger partial charge is 0.380 e. The van der Waals surface area contributed by atoms with Gasteiger partial charge in [-0.2, -0.15) is 4.99 Å². The van der Waals surface area contributed by atoms with Crippen LogP contribution in [0.25, 0.3) is 10.2 Å². The van der Waals surface area contributed by atoms with Crippen molar-refractivity contribution in [2.45, 2.75) is 42.4 Å². The molecule has 1 aromatic heterocycles. The Kier molecular flexibility index (Phi) is 7.74. The van der Waals surface area contributed by atoms with E-state index >= 15 is 0 Å². The molecule has 0 saturated heterocycles. The molecule has 1 amide bonds. The molecule has 3 rings (SSSR count). The number of aromatic nitrogens is 1. The number of ether oxygens (including phenoxy) is 1. The van der Waals surface area contributed by atoms with Crippen LogP contribution in [0.15, 0.2) is 57.2 Å². The average molecular weight is 479 g/mol. The molecule has 0 bridgehead atoms. The molecule has 0 aliphatic rings. The van der Waals surface area contributed by atoms with Gasteiger partial charge in [0.05, 0.1) is 21.7 Å². The van der Waals surface area contributed by atoms with Crippen molar-refractivity contribution in [2.24, 2.45) is 4.99 Å². The number of thiazole rings is 1. The summed E-state index contributed by atoms with van der Waals surface area (Å²) in [4.78, 5) is 19.1. The minimum atomic E-state index is -3.33. The van der Waals surface area contributed by atoms with Gasteiger partial charge in [0.1, 0.15) is 0 Å². The van der Waals surface area contributed by atoms with Crippen LogP contribution in [-0.2, 0) is 21.1 Å². The number of fused-ring (bicyclic) bond motifs is 1. The van der Waals surface area contributed by atoms with Gasteiger partial charge in [-0.3, -0.25) is 4.79 Å². The molecule has 31 heavy (non-hydrogen) atoms. The monoisotopic (exact) mass is 478 g/mol. The van der Waals surface area contributed by atoms with Crippen molar-refractivity contribution in [3.05, 3.63) is 52.8 Å². The van der Waals surface area contributed by atoms with E-state index in [0.717, 1.165) is 15.1 Å². The molecule has 0 aliphatic heterocycles. The number of hydrogen-bond acceptors (Lipinski definition) is 6. The summed E-state index contributed by atoms with van der Waals surface area (Å²) in [6, 6.07) is 12.4. The molecule has 1 heterocycles. The minimum absolute atomic E-state index is 0.245. The first-order chi connectivity index (χ1) is 14.7. The van der Waals surface area contributed by atoms with E-state index in [9.17, 15) is 13.2 Å². The van der Waals surface area contributed by atoms with Crippen molar-refractivity contribution in [2.75, 3.05) is 19.5 Å². The Balaban J connectivity index is 2.07. The number of sulfone groups is 1. The van der Waals surface area contributed by atoms with E-state index in [-0.39, 0.29) is 10.8 Å². The van der Waals surface area contributed by atoms with Crippen molar-refractivity contribution in [3.8, 4) is 0 Å². The Morgan fingerprint density at radius 2 is 2.00 bits per heavy atom. The van der Waals surface area contributed by atoms with Crippen molar-refractivity contribution in [3.63, 3.8) is 0 Å². The summed E-state index contributed by atoms with van der Waals surface area (Å²) in [6.45, 7) is 7.71. The van der Waals surface area contributed by atoms with Crippen LogP contribution in [-0.4, -0.2) is 43.6 Å². The molecule has 0 spiro atoms. The second-order valence-corrected chi connectivity index (χ2v) is 11.9. The highest BCUT2D eigenvalue weighted by Gasteiger charge is 2.14. The van der Waals surface area contributed by atoms with Gasteiger partial charge < -0.3 is 9.30 Å². The normalized spacial score (nSPS) is 12.7. The van der Waals surface area contributed by atoms with Crippen LogP contribution in [0.2, 0.25) is 0 Å². The summed E-state index contributed by atoms with van der Waals surface area (Å²) in [5.41, 5.74) is 1.35. The van der Waals surface area contributed by atoms with Gasteiger partial charge in [0, 0.05) is 35.1 Å². The summed E-state index contributed by atoms with van der Waals surface area (Å²) in [7, 11) is -3.33. The zero-order valence-electron chi connectivity index (χ0n) is 18.0. The highest BCUT2D eigenvalue weighted by atomic mass is 32.2. The fourth-order valence-electron chi connectivity index (χ4n) is 3.01. The fraction of sp³-hybridized carbons (Fsp3) is 0.364. The highest BCUT2D eigenvalue weighted by molar-refractivity contribution is 7.99. The number of rotatable bonds is 8. The number of carbonyl (C=O) groups is 1. The van der Waals surface area contributed by atoms with E-state index in [2.05, 4.69) is 18.8 Å². The smallest absolute Gasteiger partial charge is 0.279 e. The Labute approximate surface area is 190 Å². The van der Waals surface area contributed by atoms with E-state index in [4.69, 9.17) is 4.74 Å². The molecule has 6 nitrogen and oxygen atoms in total. The molecule has 0 N–H and O–H groups in total. The zero-order valence-corrected chi connectivity index (χ0v) is 20.4. The minimum Gasteiger partial charge on any atom is -0.380 e. The van der Waals surface area contributed by atoms with Crippen molar-refractivity contribution >= 4 is 49.1 Å². The van der Waals surface area contributed by atoms with Gasteiger partial charge >= 0.3 is 0 Å². The number of hydrogen-bond donors (Lipinski definition) is 0. The first-order valence-corrected chi connectivity index (χ1v) is 13.5. The fourth-order valence-corrected chi connectivity index (χ4v) is 5.72. The van der Waals surface area contributed by atoms with Gasteiger partial charge in [-0.25, -0.2) is 8.42 Å². The second-order valence-electron chi connectivity index (χ2n) is 7.25. The third-order valence-corrected chi connectivity index (χ3v) is 7.54. The van der Waals surface area contributed by atoms with Crippen LogP contribution in [0.1, 0.15) is 31.1 Å². The lowest BCUT2D eigenvalue weighted by molar-refractivity contribution is 0.0996. The number of nitrogens with zero attached hydrogens (tertiary/aromatic N) is 2. The van der Waals surface area contributed by atoms with Crippen LogP contribution in [0.3, 0.4) is 0 Å². The molecule has 3 aromatic rings. The molecule has 0 fully saturated rings. The Hall–Kier alpha value is -1.94. The standard InChI is InChI=1S/C22H26N2O4S3/c1-5-28-12-11-24-19-10-9-18(31(4,26)27)14-20(19)30-22(24)23-21(25)16-7-6-8-17(13-16)29-15(2)3/h6-10,13-15H,5,11-12H2,1-4H3. The molecule has 166 valence electrons. The van der Waals surface area contributed by atoms with Crippen molar-refractivity contribution in [1.29, 1.82) is 0 Å². The second kappa shape index (κ2) is 10.1. The Morgan fingerprint density at radius 1 is 1.23 bits per heavy atom. The Morgan fingerprint density at radius 3 is 2.68 bits per heavy atom. The van der Waals surface area contributed by atoms with Crippen LogP contribution in [0.4, 0.5) is 0 Å². The highest BCUT2D eigenvalue weighted by Crippen LogP contribution is 2.24. The summed E-state index contributed by atoms with van der Waals surface area (Å²) < 4.78 is 32.1. The van der Waals surface area contributed by atoms with E-state index in [1.54, 1.807) is 36.0 Å². The van der Waals surface area contributed by atoms with Gasteiger partial charge in [-0.05, 0) is 43.3 Å². The van der Waals surface area contributed by atoms with E-state index in [0.29, 0.717) is 35.4 Å². The predicted molar refractivity (Wildman–Crippen MR) is 127 cm³/mol. The number of carbonyl (C=O) groups excluding carboxylic acids is 1. The summed E-state index contributed by atoms with van der Waals surface area (Å²) in [5.74, 6) is -0.328. The van der Waals surface area contributed by atoms with E-state index in [1.165, 1.54) is 17.6 Å². The van der Waals surface area contributed by atoms with Crippen LogP contribution in [0.5, 0.6) is 0 Å². The number of benzene rings is 2. The lowest BCUT2D eigenvalue weighted by atomic mass is 10.2. The molecule has 0 unspecified atom stereocenters. The molecular formula is C22H26N2O4S3. The van der Waals surface area contributed by atoms with Gasteiger partial charge in [0.15, 0.2) is 14.6 Å². The van der Waals surface area contributed by atoms with Crippen molar-refractivity contribution in [1.82, 2.24) is 4.57 Å². The van der Waals surface area contributed by atoms with Gasteiger partial charge in [0.25, 0.3) is 5.91 Å². The maximum Gasteiger partial charge on any atom is 0.279 e. The summed E-state index contributed by atoms with van der Waals surface area (Å²) in [6.07, 6.45) is 1.18. The summed E-state index contributed by atoms with van der Waals surface area (Å²) >= 11 is 2.99. The molecular weight excluding hydrogens is 452 g/mol. The number of amides is 1. The molecule has 0 aliphatic carbocycles. The SMILES string of the molecule is CCOCCn1c(=NC(=O)c2cccc(SC(C)C)c2)sc2cc(S(C)(=O)=O)ccc21. The molecule has 0 atom stereocenters. The maximum atomic E-state index is 12.9. The topological polar surface area (TPSA) is 77.7 Å². The van der Waals surface area contributed by atoms with Crippen LogP contribution < -0.4 is 4.80 Å². The van der Waals surface area contributed by atoms with Gasteiger partial charge in [-0.15, -0.1) is 11.8 Å². The van der Waals surface area contributed by atoms with Crippen LogP contribution in [0, 0.1) is 0 Å². The first kappa shape index (κ1) is 23.7. The van der Waals surface area contributed by atoms with E-state index < -0.39 is 9.84 Å². The zero-order chi connectivity index (χ0) is 22.6. The maximum absolute atomic E-state index is 12.9. The lowest BCUT2D eigenvalue weighted by Crippen LogP contribution is -2.19. The quantitative estimate of drug-likeness (QED) is 0.355. The number of thioether (sulfide) groups is 1. The summed E-state index contributed by atoms with van der Waals surface area (Å²) in [5, 5.41) is 0.412. The third kappa shape index (κ3) is 6.06. The van der Waals surface area contributed by atoms with E-state index in [1.807, 2.05) is 29.7 Å². The first-order valence-electron chi connectivity index (χ1n) is 9.96.